The molecule has 0 N–H and O–H groups in total. The van der Waals surface area contributed by atoms with Crippen LogP contribution in [0.1, 0.15) is 68.2 Å². The van der Waals surface area contributed by atoms with Gasteiger partial charge in [-0.05, 0) is 74.8 Å². The van der Waals surface area contributed by atoms with Gasteiger partial charge in [0, 0.05) is 57.3 Å². The molecule has 11 heteroatoms. The first kappa shape index (κ1) is 31.7. The lowest BCUT2D eigenvalue weighted by Crippen LogP contribution is -2.46. The predicted molar refractivity (Wildman–Crippen MR) is 136 cm³/mol. The van der Waals surface area contributed by atoms with E-state index in [1.165, 1.54) is 0 Å². The van der Waals surface area contributed by atoms with E-state index in [2.05, 4.69) is 18.7 Å². The van der Waals surface area contributed by atoms with Gasteiger partial charge < -0.3 is 31.3 Å². The summed E-state index contributed by atoms with van der Waals surface area (Å²) in [6, 6.07) is 1.13. The first-order chi connectivity index (χ1) is 16.2. The van der Waals surface area contributed by atoms with Crippen LogP contribution in [-0.2, 0) is 36.1 Å². The Balaban J connectivity index is 2.54. The lowest BCUT2D eigenvalue weighted by Gasteiger charge is -2.28. The van der Waals surface area contributed by atoms with Crippen molar-refractivity contribution in [3.63, 3.8) is 0 Å². The summed E-state index contributed by atoms with van der Waals surface area (Å²) in [5, 5.41) is 0. The zero-order chi connectivity index (χ0) is 25.7. The normalized spacial score (nSPS) is 19.9. The number of carbonyl (C=O) groups excluding carboxylic acids is 1. The Labute approximate surface area is 209 Å². The molecule has 0 aromatic rings. The lowest BCUT2D eigenvalue weighted by molar-refractivity contribution is -0.144. The molecule has 2 atom stereocenters. The van der Waals surface area contributed by atoms with E-state index in [0.29, 0.717) is 58.7 Å². The molecule has 0 amide bonds. The van der Waals surface area contributed by atoms with Crippen LogP contribution in [0.2, 0.25) is 12.1 Å². The van der Waals surface area contributed by atoms with Gasteiger partial charge in [-0.1, -0.05) is 0 Å². The second-order valence-corrected chi connectivity index (χ2v) is 14.1. The van der Waals surface area contributed by atoms with Crippen molar-refractivity contribution < 1.29 is 36.1 Å². The van der Waals surface area contributed by atoms with Crippen LogP contribution in [-0.4, -0.2) is 92.9 Å². The van der Waals surface area contributed by atoms with Crippen molar-refractivity contribution in [3.8, 4) is 0 Å². The fourth-order valence-corrected chi connectivity index (χ4v) is 9.58. The zero-order valence-corrected chi connectivity index (χ0v) is 24.8. The molecule has 1 aliphatic heterocycles. The molecule has 1 saturated heterocycles. The second-order valence-electron chi connectivity index (χ2n) is 8.59. The SMILES string of the molecule is CCO[Si](CCCOC(=O)C1N(CCC[Si](OCC)(OCC)OCC)C1(C)C)(OCC)OCC. The summed E-state index contributed by atoms with van der Waals surface area (Å²) >= 11 is 0. The van der Waals surface area contributed by atoms with E-state index in [9.17, 15) is 4.79 Å². The van der Waals surface area contributed by atoms with Crippen LogP contribution in [0.5, 0.6) is 0 Å². The summed E-state index contributed by atoms with van der Waals surface area (Å²) in [6.07, 6.45) is 1.49. The van der Waals surface area contributed by atoms with Gasteiger partial charge in [-0.3, -0.25) is 9.69 Å². The van der Waals surface area contributed by atoms with Crippen LogP contribution in [0.4, 0.5) is 0 Å². The molecule has 0 spiro atoms. The first-order valence-corrected chi connectivity index (χ1v) is 16.8. The molecule has 202 valence electrons. The molecule has 1 heterocycles. The maximum Gasteiger partial charge on any atom is 0.501 e. The Bertz CT molecular complexity index is 547. The van der Waals surface area contributed by atoms with Crippen molar-refractivity contribution in [2.45, 2.75) is 91.9 Å². The van der Waals surface area contributed by atoms with Gasteiger partial charge >= 0.3 is 23.6 Å². The minimum atomic E-state index is -2.71. The van der Waals surface area contributed by atoms with Crippen LogP contribution >= 0.6 is 0 Å². The number of rotatable bonds is 21. The highest BCUT2D eigenvalue weighted by Crippen LogP contribution is 2.41. The average molecular weight is 524 g/mol. The monoisotopic (exact) mass is 523 g/mol. The van der Waals surface area contributed by atoms with Crippen molar-refractivity contribution >= 4 is 23.6 Å². The van der Waals surface area contributed by atoms with Crippen molar-refractivity contribution in [2.24, 2.45) is 0 Å². The summed E-state index contributed by atoms with van der Waals surface area (Å²) in [5.74, 6) is -0.176. The molecule has 1 aliphatic rings. The van der Waals surface area contributed by atoms with Gasteiger partial charge in [0.05, 0.1) is 6.61 Å². The number of hydrogen-bond donors (Lipinski definition) is 0. The zero-order valence-electron chi connectivity index (χ0n) is 22.8. The summed E-state index contributed by atoms with van der Waals surface area (Å²) in [4.78, 5) is 15.0. The standard InChI is InChI=1S/C23H49NO8Si2/c1-9-27-33(28-10-2,29-11-3)19-15-17-24-21(23(24,7)8)22(25)26-18-16-20-34(30-12-4,31-13-5)32-14-6/h21H,9-20H2,1-8H3. The third-order valence-corrected chi connectivity index (χ3v) is 12.1. The fourth-order valence-electron chi connectivity index (χ4n) is 4.41. The predicted octanol–water partition coefficient (Wildman–Crippen LogP) is 3.87. The molecule has 9 nitrogen and oxygen atoms in total. The first-order valence-electron chi connectivity index (χ1n) is 13.0. The number of esters is 1. The fraction of sp³-hybridized carbons (Fsp3) is 0.957. The molecular formula is C23H49NO8Si2. The summed E-state index contributed by atoms with van der Waals surface area (Å²) in [6.45, 7) is 20.3. The Morgan fingerprint density at radius 3 is 1.47 bits per heavy atom. The Kier molecular flexibility index (Phi) is 14.6. The molecule has 1 rings (SSSR count). The van der Waals surface area contributed by atoms with E-state index in [1.54, 1.807) is 0 Å². The van der Waals surface area contributed by atoms with E-state index in [4.69, 9.17) is 31.3 Å². The van der Waals surface area contributed by atoms with Gasteiger partial charge in [-0.25, -0.2) is 0 Å². The van der Waals surface area contributed by atoms with E-state index in [1.807, 2.05) is 41.5 Å². The van der Waals surface area contributed by atoms with Crippen molar-refractivity contribution in [1.82, 2.24) is 4.90 Å². The molecule has 1 fully saturated rings. The number of hydrogen-bond acceptors (Lipinski definition) is 9. The Morgan fingerprint density at radius 2 is 1.09 bits per heavy atom. The van der Waals surface area contributed by atoms with Crippen molar-refractivity contribution in [1.29, 1.82) is 0 Å². The smallest absolute Gasteiger partial charge is 0.464 e. The van der Waals surface area contributed by atoms with E-state index < -0.39 is 17.6 Å². The number of ether oxygens (including phenoxy) is 1. The van der Waals surface area contributed by atoms with E-state index >= 15 is 0 Å². The number of carbonyl (C=O) groups is 1. The largest absolute Gasteiger partial charge is 0.501 e. The lowest BCUT2D eigenvalue weighted by atomic mass is 10.1. The second kappa shape index (κ2) is 15.7. The summed E-state index contributed by atoms with van der Waals surface area (Å²) < 4.78 is 41.1. The molecule has 0 saturated carbocycles. The highest BCUT2D eigenvalue weighted by atomic mass is 28.4. The highest BCUT2D eigenvalue weighted by molar-refractivity contribution is 6.61. The quantitative estimate of drug-likeness (QED) is 0.0963. The van der Waals surface area contributed by atoms with Gasteiger partial charge in [0.1, 0.15) is 6.04 Å². The van der Waals surface area contributed by atoms with Crippen LogP contribution in [0.3, 0.4) is 0 Å². The van der Waals surface area contributed by atoms with Crippen LogP contribution in [0, 0.1) is 0 Å². The molecule has 34 heavy (non-hydrogen) atoms. The van der Waals surface area contributed by atoms with Gasteiger partial charge in [-0.2, -0.15) is 0 Å². The van der Waals surface area contributed by atoms with Crippen molar-refractivity contribution in [2.75, 3.05) is 52.8 Å². The molecule has 0 aromatic carbocycles. The Morgan fingerprint density at radius 1 is 0.706 bits per heavy atom. The molecule has 0 radical (unpaired) electrons. The average Bonchev–Trinajstić information content (AvgIpc) is 3.32. The third-order valence-electron chi connectivity index (χ3n) is 5.82. The minimum Gasteiger partial charge on any atom is -0.464 e. The van der Waals surface area contributed by atoms with Crippen LogP contribution in [0.15, 0.2) is 0 Å². The minimum absolute atomic E-state index is 0.176. The van der Waals surface area contributed by atoms with Gasteiger partial charge in [0.15, 0.2) is 0 Å². The molecule has 0 aromatic heterocycles. The molecule has 0 bridgehead atoms. The summed E-state index contributed by atoms with van der Waals surface area (Å²) in [5.41, 5.74) is -0.218. The van der Waals surface area contributed by atoms with E-state index in [-0.39, 0.29) is 17.6 Å². The molecule has 2 unspecified atom stereocenters. The number of nitrogens with zero attached hydrogens (tertiary/aromatic N) is 1. The topological polar surface area (TPSA) is 84.7 Å². The van der Waals surface area contributed by atoms with Gasteiger partial charge in [0.25, 0.3) is 0 Å². The molecular weight excluding hydrogens is 474 g/mol. The van der Waals surface area contributed by atoms with E-state index in [0.717, 1.165) is 19.0 Å². The highest BCUT2D eigenvalue weighted by Gasteiger charge is 2.60. The van der Waals surface area contributed by atoms with Crippen LogP contribution in [0.25, 0.3) is 0 Å². The van der Waals surface area contributed by atoms with Gasteiger partial charge in [0.2, 0.25) is 0 Å². The summed E-state index contributed by atoms with van der Waals surface area (Å²) in [7, 11) is -5.38. The molecule has 0 aliphatic carbocycles. The maximum atomic E-state index is 12.8. The Hall–Kier alpha value is -0.376. The van der Waals surface area contributed by atoms with Crippen LogP contribution < -0.4 is 0 Å². The van der Waals surface area contributed by atoms with Gasteiger partial charge in [-0.15, -0.1) is 0 Å². The third kappa shape index (κ3) is 9.25. The van der Waals surface area contributed by atoms with Crippen molar-refractivity contribution in [3.05, 3.63) is 0 Å². The maximum absolute atomic E-state index is 12.8.